The second-order valence-corrected chi connectivity index (χ2v) is 6.52. The Hall–Kier alpha value is -1.40. The topological polar surface area (TPSA) is 44.5 Å². The summed E-state index contributed by atoms with van der Waals surface area (Å²) < 4.78 is 1.78. The van der Waals surface area contributed by atoms with Gasteiger partial charge in [-0.3, -0.25) is 14.5 Å². The summed E-state index contributed by atoms with van der Waals surface area (Å²) >= 11 is 5.92. The molecule has 0 bridgehead atoms. The molecule has 0 radical (unpaired) electrons. The molecule has 0 amide bonds. The zero-order chi connectivity index (χ0) is 16.1. The van der Waals surface area contributed by atoms with Gasteiger partial charge in [-0.1, -0.05) is 23.7 Å². The summed E-state index contributed by atoms with van der Waals surface area (Å²) in [4.78, 5) is 4.77. The molecule has 0 unspecified atom stereocenters. The van der Waals surface area contributed by atoms with Crippen LogP contribution in [-0.2, 0) is 13.1 Å². The molecule has 0 spiro atoms. The summed E-state index contributed by atoms with van der Waals surface area (Å²) in [5, 5.41) is 15.1. The minimum absolute atomic E-state index is 0.377. The number of aliphatic hydroxyl groups excluding tert-OH is 1. The van der Waals surface area contributed by atoms with Crippen LogP contribution in [0.2, 0.25) is 5.02 Å². The van der Waals surface area contributed by atoms with Crippen molar-refractivity contribution in [2.24, 2.45) is 0 Å². The molecule has 23 heavy (non-hydrogen) atoms. The molecule has 1 aromatic heterocycles. The van der Waals surface area contributed by atoms with E-state index in [1.54, 1.807) is 10.9 Å². The summed E-state index contributed by atoms with van der Waals surface area (Å²) in [6.07, 6.45) is 3.24. The van der Waals surface area contributed by atoms with Crippen molar-refractivity contribution in [2.45, 2.75) is 19.2 Å². The number of aliphatic hydroxyl groups is 1. The molecule has 2 aromatic rings. The van der Waals surface area contributed by atoms with Gasteiger partial charge in [0.15, 0.2) is 0 Å². The predicted molar refractivity (Wildman–Crippen MR) is 91.4 cm³/mol. The third kappa shape index (κ3) is 5.04. The molecule has 1 saturated heterocycles. The van der Waals surface area contributed by atoms with E-state index in [-0.39, 0.29) is 6.10 Å². The van der Waals surface area contributed by atoms with Gasteiger partial charge < -0.3 is 5.11 Å². The van der Waals surface area contributed by atoms with Crippen LogP contribution in [0.5, 0.6) is 0 Å². The van der Waals surface area contributed by atoms with Crippen LogP contribution in [0.15, 0.2) is 42.7 Å². The Balaban J connectivity index is 1.40. The number of hydrogen-bond donors (Lipinski definition) is 1. The Morgan fingerprint density at radius 1 is 1.04 bits per heavy atom. The zero-order valence-corrected chi connectivity index (χ0v) is 13.9. The van der Waals surface area contributed by atoms with E-state index < -0.39 is 0 Å². The third-order valence-electron chi connectivity index (χ3n) is 4.21. The number of piperazine rings is 1. The van der Waals surface area contributed by atoms with E-state index in [1.807, 2.05) is 24.4 Å². The fraction of sp³-hybridized carbons (Fsp3) is 0.471. The minimum Gasteiger partial charge on any atom is -0.390 e. The number of hydrogen-bond acceptors (Lipinski definition) is 4. The lowest BCUT2D eigenvalue weighted by Crippen LogP contribution is -2.48. The SMILES string of the molecule is O[C@@H](CN1CCN(Cc2ccc(Cl)cc2)CC1)Cn1cccn1. The Morgan fingerprint density at radius 2 is 1.74 bits per heavy atom. The second-order valence-electron chi connectivity index (χ2n) is 6.09. The van der Waals surface area contributed by atoms with Crippen molar-refractivity contribution in [1.29, 1.82) is 0 Å². The summed E-state index contributed by atoms with van der Waals surface area (Å²) in [5.41, 5.74) is 1.29. The second kappa shape index (κ2) is 7.93. The highest BCUT2D eigenvalue weighted by molar-refractivity contribution is 6.30. The Morgan fingerprint density at radius 3 is 2.39 bits per heavy atom. The molecule has 5 nitrogen and oxygen atoms in total. The standard InChI is InChI=1S/C17H23ClN4O/c18-16-4-2-15(3-5-16)12-20-8-10-21(11-9-20)13-17(23)14-22-7-1-6-19-22/h1-7,17,23H,8-14H2/t17-/m0/s1. The van der Waals surface area contributed by atoms with Crippen LogP contribution in [0.4, 0.5) is 0 Å². The van der Waals surface area contributed by atoms with Crippen LogP contribution >= 0.6 is 11.6 Å². The fourth-order valence-corrected chi connectivity index (χ4v) is 3.08. The van der Waals surface area contributed by atoms with Crippen LogP contribution in [0.1, 0.15) is 5.56 Å². The van der Waals surface area contributed by atoms with Crippen molar-refractivity contribution in [1.82, 2.24) is 19.6 Å². The van der Waals surface area contributed by atoms with Gasteiger partial charge in [-0.2, -0.15) is 5.10 Å². The van der Waals surface area contributed by atoms with E-state index in [9.17, 15) is 5.11 Å². The lowest BCUT2D eigenvalue weighted by molar-refractivity contribution is 0.0605. The fourth-order valence-electron chi connectivity index (χ4n) is 2.96. The van der Waals surface area contributed by atoms with E-state index in [4.69, 9.17) is 11.6 Å². The van der Waals surface area contributed by atoms with Gasteiger partial charge in [-0.25, -0.2) is 0 Å². The number of β-amino-alcohol motifs (C(OH)–C–C–N with tert-alkyl or cyclic N) is 1. The molecule has 3 rings (SSSR count). The lowest BCUT2D eigenvalue weighted by atomic mass is 10.2. The van der Waals surface area contributed by atoms with E-state index in [1.165, 1.54) is 5.56 Å². The molecular formula is C17H23ClN4O. The van der Waals surface area contributed by atoms with Crippen LogP contribution in [0.25, 0.3) is 0 Å². The summed E-state index contributed by atoms with van der Waals surface area (Å²) in [6.45, 7) is 6.25. The maximum Gasteiger partial charge on any atom is 0.0862 e. The van der Waals surface area contributed by atoms with Gasteiger partial charge in [0, 0.05) is 56.7 Å². The smallest absolute Gasteiger partial charge is 0.0862 e. The average Bonchev–Trinajstić information content (AvgIpc) is 3.04. The van der Waals surface area contributed by atoms with Gasteiger partial charge >= 0.3 is 0 Å². The number of benzene rings is 1. The van der Waals surface area contributed by atoms with Gasteiger partial charge in [0.25, 0.3) is 0 Å². The first-order chi connectivity index (χ1) is 11.2. The highest BCUT2D eigenvalue weighted by atomic mass is 35.5. The number of aromatic nitrogens is 2. The molecule has 1 aliphatic rings. The third-order valence-corrected chi connectivity index (χ3v) is 4.46. The van der Waals surface area contributed by atoms with Crippen LogP contribution < -0.4 is 0 Å². The van der Waals surface area contributed by atoms with Gasteiger partial charge in [-0.15, -0.1) is 0 Å². The van der Waals surface area contributed by atoms with E-state index in [0.29, 0.717) is 13.1 Å². The lowest BCUT2D eigenvalue weighted by Gasteiger charge is -2.35. The zero-order valence-electron chi connectivity index (χ0n) is 13.2. The van der Waals surface area contributed by atoms with Crippen molar-refractivity contribution in [3.05, 3.63) is 53.3 Å². The van der Waals surface area contributed by atoms with Crippen LogP contribution in [-0.4, -0.2) is 63.5 Å². The van der Waals surface area contributed by atoms with Crippen molar-refractivity contribution >= 4 is 11.6 Å². The molecule has 124 valence electrons. The van der Waals surface area contributed by atoms with E-state index in [2.05, 4.69) is 27.0 Å². The van der Waals surface area contributed by atoms with Crippen molar-refractivity contribution in [3.63, 3.8) is 0 Å². The predicted octanol–water partition coefficient (Wildman–Crippen LogP) is 1.72. The maximum atomic E-state index is 10.2. The highest BCUT2D eigenvalue weighted by Gasteiger charge is 2.19. The Labute approximate surface area is 142 Å². The quantitative estimate of drug-likeness (QED) is 0.873. The Bertz CT molecular complexity index is 579. The first-order valence-electron chi connectivity index (χ1n) is 8.04. The first-order valence-corrected chi connectivity index (χ1v) is 8.41. The maximum absolute atomic E-state index is 10.2. The van der Waals surface area contributed by atoms with Gasteiger partial charge in [0.2, 0.25) is 0 Å². The Kier molecular flexibility index (Phi) is 5.67. The molecule has 1 N–H and O–H groups in total. The van der Waals surface area contributed by atoms with Crippen molar-refractivity contribution < 1.29 is 5.11 Å². The average molecular weight is 335 g/mol. The monoisotopic (exact) mass is 334 g/mol. The highest BCUT2D eigenvalue weighted by Crippen LogP contribution is 2.13. The summed E-state index contributed by atoms with van der Waals surface area (Å²) in [6, 6.07) is 9.94. The largest absolute Gasteiger partial charge is 0.390 e. The van der Waals surface area contributed by atoms with Crippen molar-refractivity contribution in [3.8, 4) is 0 Å². The number of halogens is 1. The molecular weight excluding hydrogens is 312 g/mol. The normalized spacial score (nSPS) is 18.2. The molecule has 1 aliphatic heterocycles. The van der Waals surface area contributed by atoms with E-state index in [0.717, 1.165) is 37.7 Å². The van der Waals surface area contributed by atoms with Gasteiger partial charge in [0.05, 0.1) is 12.6 Å². The van der Waals surface area contributed by atoms with Gasteiger partial charge in [0.1, 0.15) is 0 Å². The molecule has 0 aliphatic carbocycles. The molecule has 1 aromatic carbocycles. The summed E-state index contributed by atoms with van der Waals surface area (Å²) in [5.74, 6) is 0. The van der Waals surface area contributed by atoms with Crippen LogP contribution in [0.3, 0.4) is 0 Å². The molecule has 0 saturated carbocycles. The van der Waals surface area contributed by atoms with Crippen LogP contribution in [0, 0.1) is 0 Å². The molecule has 2 heterocycles. The number of rotatable bonds is 6. The summed E-state index contributed by atoms with van der Waals surface area (Å²) in [7, 11) is 0. The van der Waals surface area contributed by atoms with E-state index >= 15 is 0 Å². The first kappa shape index (κ1) is 16.5. The molecule has 6 heteroatoms. The molecule has 1 fully saturated rings. The van der Waals surface area contributed by atoms with Crippen molar-refractivity contribution in [2.75, 3.05) is 32.7 Å². The van der Waals surface area contributed by atoms with Gasteiger partial charge in [-0.05, 0) is 23.8 Å². The number of nitrogens with zero attached hydrogens (tertiary/aromatic N) is 4. The molecule has 1 atom stereocenters. The minimum atomic E-state index is -0.377.